The molecule has 1 aliphatic heterocycles. The van der Waals surface area contributed by atoms with Crippen molar-refractivity contribution in [1.82, 2.24) is 9.88 Å². The second kappa shape index (κ2) is 7.11. The van der Waals surface area contributed by atoms with Gasteiger partial charge in [0.25, 0.3) is 5.91 Å². The first-order valence-electron chi connectivity index (χ1n) is 7.70. The molecule has 25 heavy (non-hydrogen) atoms. The number of nitrogens with zero attached hydrogens (tertiary/aromatic N) is 2. The van der Waals surface area contributed by atoms with Gasteiger partial charge in [0.05, 0.1) is 11.8 Å². The maximum absolute atomic E-state index is 12.9. The number of carbonyl (C=O) groups is 2. The number of carbonyl (C=O) groups excluding carboxylic acids is 1. The lowest BCUT2D eigenvalue weighted by Crippen LogP contribution is -2.40. The first-order chi connectivity index (χ1) is 11.9. The van der Waals surface area contributed by atoms with Crippen molar-refractivity contribution in [3.63, 3.8) is 0 Å². The molecule has 3 rings (SSSR count). The zero-order chi connectivity index (χ0) is 18.1. The number of methoxy groups -OCH3 is 1. The van der Waals surface area contributed by atoms with E-state index in [-0.39, 0.29) is 18.6 Å². The summed E-state index contributed by atoms with van der Waals surface area (Å²) in [6.45, 7) is 2.02. The number of amides is 1. The highest BCUT2D eigenvalue weighted by Crippen LogP contribution is 2.31. The van der Waals surface area contributed by atoms with Crippen molar-refractivity contribution in [1.29, 1.82) is 0 Å². The Balaban J connectivity index is 1.89. The SMILES string of the molecule is COC1CC(C(=O)O)N(C(=O)c2sc(-c3ccc(Cl)cc3)nc2C)C1. The van der Waals surface area contributed by atoms with E-state index in [2.05, 4.69) is 4.98 Å². The van der Waals surface area contributed by atoms with Crippen LogP contribution in [-0.4, -0.2) is 52.7 Å². The van der Waals surface area contributed by atoms with Crippen LogP contribution in [0.3, 0.4) is 0 Å². The Morgan fingerprint density at radius 3 is 2.64 bits per heavy atom. The number of likely N-dealkylation sites (tertiary alicyclic amines) is 1. The van der Waals surface area contributed by atoms with Gasteiger partial charge < -0.3 is 14.7 Å². The zero-order valence-electron chi connectivity index (χ0n) is 13.7. The van der Waals surface area contributed by atoms with Crippen LogP contribution >= 0.6 is 22.9 Å². The van der Waals surface area contributed by atoms with Gasteiger partial charge in [-0.25, -0.2) is 9.78 Å². The standard InChI is InChI=1S/C17H17ClN2O4S/c1-9-14(25-15(19-9)10-3-5-11(18)6-4-10)16(21)20-8-12(24-2)7-13(20)17(22)23/h3-6,12-13H,7-8H2,1-2H3,(H,22,23). The molecule has 0 aliphatic carbocycles. The average molecular weight is 381 g/mol. The van der Waals surface area contributed by atoms with Gasteiger partial charge in [0.15, 0.2) is 0 Å². The van der Waals surface area contributed by atoms with E-state index in [1.165, 1.54) is 23.3 Å². The van der Waals surface area contributed by atoms with Crippen LogP contribution in [0.4, 0.5) is 0 Å². The summed E-state index contributed by atoms with van der Waals surface area (Å²) in [7, 11) is 1.52. The van der Waals surface area contributed by atoms with E-state index in [0.717, 1.165) is 5.56 Å². The van der Waals surface area contributed by atoms with E-state index in [1.54, 1.807) is 19.1 Å². The number of carboxylic acids is 1. The molecule has 2 aromatic rings. The minimum absolute atomic E-state index is 0.264. The molecule has 1 amide bonds. The second-order valence-electron chi connectivity index (χ2n) is 5.85. The van der Waals surface area contributed by atoms with Crippen molar-refractivity contribution in [2.45, 2.75) is 25.5 Å². The predicted molar refractivity (Wildman–Crippen MR) is 95.2 cm³/mol. The Labute approximate surface area is 154 Å². The number of halogens is 1. The molecular weight excluding hydrogens is 364 g/mol. The third-order valence-electron chi connectivity index (χ3n) is 4.22. The average Bonchev–Trinajstić information content (AvgIpc) is 3.19. The number of hydrogen-bond donors (Lipinski definition) is 1. The lowest BCUT2D eigenvalue weighted by atomic mass is 10.2. The highest BCUT2D eigenvalue weighted by atomic mass is 35.5. The molecule has 2 atom stereocenters. The summed E-state index contributed by atoms with van der Waals surface area (Å²) in [4.78, 5) is 30.7. The number of aliphatic carboxylic acids is 1. The molecule has 6 nitrogen and oxygen atoms in total. The van der Waals surface area contributed by atoms with Gasteiger partial charge in [0.1, 0.15) is 15.9 Å². The van der Waals surface area contributed by atoms with Gasteiger partial charge >= 0.3 is 5.97 Å². The van der Waals surface area contributed by atoms with Crippen molar-refractivity contribution in [3.8, 4) is 10.6 Å². The molecule has 1 aliphatic rings. The number of rotatable bonds is 4. The molecule has 1 aromatic heterocycles. The number of ether oxygens (including phenoxy) is 1. The van der Waals surface area contributed by atoms with Crippen LogP contribution in [0.25, 0.3) is 10.6 Å². The summed E-state index contributed by atoms with van der Waals surface area (Å²) >= 11 is 7.16. The molecule has 1 aromatic carbocycles. The van der Waals surface area contributed by atoms with Crippen molar-refractivity contribution in [2.24, 2.45) is 0 Å². The summed E-state index contributed by atoms with van der Waals surface area (Å²) in [5.74, 6) is -1.34. The van der Waals surface area contributed by atoms with Gasteiger partial charge in [-0.05, 0) is 19.1 Å². The lowest BCUT2D eigenvalue weighted by molar-refractivity contribution is -0.141. The first kappa shape index (κ1) is 17.8. The lowest BCUT2D eigenvalue weighted by Gasteiger charge is -2.20. The molecule has 2 heterocycles. The van der Waals surface area contributed by atoms with Crippen molar-refractivity contribution >= 4 is 34.8 Å². The van der Waals surface area contributed by atoms with E-state index in [1.807, 2.05) is 12.1 Å². The minimum atomic E-state index is -1.02. The third kappa shape index (κ3) is 3.53. The minimum Gasteiger partial charge on any atom is -0.480 e. The third-order valence-corrected chi connectivity index (χ3v) is 5.67. The van der Waals surface area contributed by atoms with Crippen LogP contribution in [0.2, 0.25) is 5.02 Å². The molecule has 8 heteroatoms. The Bertz CT molecular complexity index is 805. The summed E-state index contributed by atoms with van der Waals surface area (Å²) in [6, 6.07) is 6.33. The van der Waals surface area contributed by atoms with Gasteiger partial charge in [-0.15, -0.1) is 11.3 Å². The summed E-state index contributed by atoms with van der Waals surface area (Å²) < 4.78 is 5.24. The van der Waals surface area contributed by atoms with Crippen LogP contribution in [0.5, 0.6) is 0 Å². The maximum Gasteiger partial charge on any atom is 0.326 e. The van der Waals surface area contributed by atoms with Crippen molar-refractivity contribution in [3.05, 3.63) is 39.9 Å². The quantitative estimate of drug-likeness (QED) is 0.881. The number of aryl methyl sites for hydroxylation is 1. The number of benzene rings is 1. The first-order valence-corrected chi connectivity index (χ1v) is 8.90. The molecule has 2 unspecified atom stereocenters. The smallest absolute Gasteiger partial charge is 0.326 e. The molecular formula is C17H17ClN2O4S. The second-order valence-corrected chi connectivity index (χ2v) is 7.28. The van der Waals surface area contributed by atoms with Gasteiger partial charge in [0.2, 0.25) is 0 Å². The van der Waals surface area contributed by atoms with Gasteiger partial charge in [-0.1, -0.05) is 23.7 Å². The van der Waals surface area contributed by atoms with Crippen LogP contribution in [-0.2, 0) is 9.53 Å². The Hall–Kier alpha value is -1.96. The normalized spacial score (nSPS) is 20.0. The Morgan fingerprint density at radius 2 is 2.04 bits per heavy atom. The van der Waals surface area contributed by atoms with Crippen LogP contribution < -0.4 is 0 Å². The van der Waals surface area contributed by atoms with E-state index in [0.29, 0.717) is 27.0 Å². The molecule has 0 spiro atoms. The maximum atomic E-state index is 12.9. The summed E-state index contributed by atoms with van der Waals surface area (Å²) in [6.07, 6.45) is 0.0217. The fourth-order valence-electron chi connectivity index (χ4n) is 2.87. The monoisotopic (exact) mass is 380 g/mol. The number of carboxylic acid groups (broad SMARTS) is 1. The molecule has 0 saturated carbocycles. The Morgan fingerprint density at radius 1 is 1.36 bits per heavy atom. The van der Waals surface area contributed by atoms with Crippen LogP contribution in [0, 0.1) is 6.92 Å². The van der Waals surface area contributed by atoms with E-state index in [9.17, 15) is 14.7 Å². The van der Waals surface area contributed by atoms with E-state index >= 15 is 0 Å². The highest BCUT2D eigenvalue weighted by molar-refractivity contribution is 7.17. The van der Waals surface area contributed by atoms with Gasteiger partial charge in [0, 0.05) is 30.7 Å². The van der Waals surface area contributed by atoms with Crippen molar-refractivity contribution in [2.75, 3.05) is 13.7 Å². The van der Waals surface area contributed by atoms with Crippen LogP contribution in [0.1, 0.15) is 21.8 Å². The predicted octanol–water partition coefficient (Wildman–Crippen LogP) is 3.09. The number of thiazole rings is 1. The van der Waals surface area contributed by atoms with Gasteiger partial charge in [-0.2, -0.15) is 0 Å². The largest absolute Gasteiger partial charge is 0.480 e. The molecule has 0 radical (unpaired) electrons. The van der Waals surface area contributed by atoms with Crippen molar-refractivity contribution < 1.29 is 19.4 Å². The topological polar surface area (TPSA) is 79.7 Å². The Kier molecular flexibility index (Phi) is 5.08. The molecule has 1 fully saturated rings. The summed E-state index contributed by atoms with van der Waals surface area (Å²) in [5, 5.41) is 10.7. The number of hydrogen-bond acceptors (Lipinski definition) is 5. The highest BCUT2D eigenvalue weighted by Gasteiger charge is 2.41. The van der Waals surface area contributed by atoms with Crippen LogP contribution in [0.15, 0.2) is 24.3 Å². The molecule has 1 saturated heterocycles. The van der Waals surface area contributed by atoms with Gasteiger partial charge in [-0.3, -0.25) is 4.79 Å². The zero-order valence-corrected chi connectivity index (χ0v) is 15.3. The fourth-order valence-corrected chi connectivity index (χ4v) is 4.02. The molecule has 0 bridgehead atoms. The van der Waals surface area contributed by atoms with E-state index < -0.39 is 12.0 Å². The fraction of sp³-hybridized carbons (Fsp3) is 0.353. The molecule has 1 N–H and O–H groups in total. The molecule has 132 valence electrons. The number of aromatic nitrogens is 1. The van der Waals surface area contributed by atoms with E-state index in [4.69, 9.17) is 16.3 Å². The summed E-state index contributed by atoms with van der Waals surface area (Å²) in [5.41, 5.74) is 1.45.